The van der Waals surface area contributed by atoms with Crippen molar-refractivity contribution in [2.24, 2.45) is 0 Å². The summed E-state index contributed by atoms with van der Waals surface area (Å²) >= 11 is 0. The highest BCUT2D eigenvalue weighted by Crippen LogP contribution is 2.17. The van der Waals surface area contributed by atoms with Crippen LogP contribution in [0, 0.1) is 5.82 Å². The van der Waals surface area contributed by atoms with E-state index in [9.17, 15) is 13.6 Å². The van der Waals surface area contributed by atoms with E-state index in [-0.39, 0.29) is 5.56 Å². The highest BCUT2D eigenvalue weighted by molar-refractivity contribution is 5.62. The standard InChI is InChI=1S/C9H8F2O/c10-5-7(6-12)8-3-1-2-4-9(8)11/h1-4,6-7H,5H2. The maximum absolute atomic E-state index is 12.9. The summed E-state index contributed by atoms with van der Waals surface area (Å²) in [5.41, 5.74) is 0.120. The van der Waals surface area contributed by atoms with Crippen molar-refractivity contribution in [1.82, 2.24) is 0 Å². The number of carbonyl (C=O) groups excluding carboxylic acids is 1. The first-order chi connectivity index (χ1) is 5.79. The highest BCUT2D eigenvalue weighted by Gasteiger charge is 2.13. The Hall–Kier alpha value is -1.25. The molecule has 64 valence electrons. The first kappa shape index (κ1) is 8.84. The lowest BCUT2D eigenvalue weighted by Crippen LogP contribution is -2.04. The van der Waals surface area contributed by atoms with Crippen molar-refractivity contribution < 1.29 is 13.6 Å². The van der Waals surface area contributed by atoms with Crippen LogP contribution in [0.2, 0.25) is 0 Å². The Morgan fingerprint density at radius 3 is 2.58 bits per heavy atom. The van der Waals surface area contributed by atoms with Gasteiger partial charge in [0.15, 0.2) is 0 Å². The van der Waals surface area contributed by atoms with E-state index in [1.807, 2.05) is 0 Å². The van der Waals surface area contributed by atoms with E-state index in [4.69, 9.17) is 0 Å². The molecule has 0 saturated heterocycles. The molecule has 3 heteroatoms. The van der Waals surface area contributed by atoms with E-state index in [0.717, 1.165) is 0 Å². The van der Waals surface area contributed by atoms with Crippen molar-refractivity contribution in [3.05, 3.63) is 35.6 Å². The van der Waals surface area contributed by atoms with Crippen molar-refractivity contribution in [3.8, 4) is 0 Å². The van der Waals surface area contributed by atoms with Gasteiger partial charge >= 0.3 is 0 Å². The average Bonchev–Trinajstić information content (AvgIpc) is 2.10. The summed E-state index contributed by atoms with van der Waals surface area (Å²) in [6.45, 7) is -0.857. The summed E-state index contributed by atoms with van der Waals surface area (Å²) in [6.07, 6.45) is 0.415. The number of hydrogen-bond acceptors (Lipinski definition) is 1. The van der Waals surface area contributed by atoms with E-state index in [1.54, 1.807) is 6.07 Å². The Morgan fingerprint density at radius 2 is 2.08 bits per heavy atom. The molecule has 0 saturated carbocycles. The fourth-order valence-electron chi connectivity index (χ4n) is 0.969. The first-order valence-corrected chi connectivity index (χ1v) is 3.55. The number of hydrogen-bond donors (Lipinski definition) is 0. The van der Waals surface area contributed by atoms with Crippen molar-refractivity contribution in [3.63, 3.8) is 0 Å². The zero-order chi connectivity index (χ0) is 8.97. The van der Waals surface area contributed by atoms with Gasteiger partial charge < -0.3 is 4.79 Å². The topological polar surface area (TPSA) is 17.1 Å². The van der Waals surface area contributed by atoms with Gasteiger partial charge in [-0.25, -0.2) is 8.78 Å². The fourth-order valence-corrected chi connectivity index (χ4v) is 0.969. The molecule has 0 aromatic heterocycles. The molecule has 0 aliphatic rings. The quantitative estimate of drug-likeness (QED) is 0.634. The molecule has 1 nitrogen and oxygen atoms in total. The fraction of sp³-hybridized carbons (Fsp3) is 0.222. The third-order valence-electron chi connectivity index (χ3n) is 1.64. The number of benzene rings is 1. The Bertz CT molecular complexity index is 273. The van der Waals surface area contributed by atoms with Crippen LogP contribution in [0.5, 0.6) is 0 Å². The zero-order valence-corrected chi connectivity index (χ0v) is 6.34. The average molecular weight is 170 g/mol. The van der Waals surface area contributed by atoms with E-state index >= 15 is 0 Å². The van der Waals surface area contributed by atoms with E-state index < -0.39 is 18.4 Å². The Morgan fingerprint density at radius 1 is 1.42 bits per heavy atom. The van der Waals surface area contributed by atoms with Gasteiger partial charge in [0.2, 0.25) is 0 Å². The zero-order valence-electron chi connectivity index (χ0n) is 6.34. The number of aldehydes is 1. The van der Waals surface area contributed by atoms with Gasteiger partial charge in [0, 0.05) is 5.56 Å². The molecule has 1 aromatic carbocycles. The second kappa shape index (κ2) is 3.95. The lowest BCUT2D eigenvalue weighted by atomic mass is 10.0. The largest absolute Gasteiger partial charge is 0.303 e. The molecule has 0 fully saturated rings. The van der Waals surface area contributed by atoms with Gasteiger partial charge in [0.05, 0.1) is 5.92 Å². The van der Waals surface area contributed by atoms with Crippen molar-refractivity contribution in [1.29, 1.82) is 0 Å². The minimum absolute atomic E-state index is 0.120. The number of rotatable bonds is 3. The summed E-state index contributed by atoms with van der Waals surface area (Å²) in [5.74, 6) is -1.50. The first-order valence-electron chi connectivity index (χ1n) is 3.55. The SMILES string of the molecule is O=CC(CF)c1ccccc1F. The summed E-state index contributed by atoms with van der Waals surface area (Å²) in [5, 5.41) is 0. The van der Waals surface area contributed by atoms with Crippen LogP contribution < -0.4 is 0 Å². The number of carbonyl (C=O) groups is 1. The van der Waals surface area contributed by atoms with Crippen LogP contribution in [0.25, 0.3) is 0 Å². The second-order valence-electron chi connectivity index (χ2n) is 2.42. The van der Waals surface area contributed by atoms with Gasteiger partial charge in [-0.2, -0.15) is 0 Å². The molecule has 12 heavy (non-hydrogen) atoms. The summed E-state index contributed by atoms with van der Waals surface area (Å²) in [4.78, 5) is 10.3. The van der Waals surface area contributed by atoms with Gasteiger partial charge in [-0.15, -0.1) is 0 Å². The molecule has 0 radical (unpaired) electrons. The van der Waals surface area contributed by atoms with Crippen LogP contribution in [-0.4, -0.2) is 13.0 Å². The van der Waals surface area contributed by atoms with Crippen LogP contribution in [0.15, 0.2) is 24.3 Å². The molecule has 0 N–H and O–H groups in total. The normalized spacial score (nSPS) is 12.5. The molecule has 1 aromatic rings. The van der Waals surface area contributed by atoms with Gasteiger partial charge in [-0.1, -0.05) is 18.2 Å². The van der Waals surface area contributed by atoms with Crippen LogP contribution in [0.4, 0.5) is 8.78 Å². The molecular weight excluding hydrogens is 162 g/mol. The monoisotopic (exact) mass is 170 g/mol. The molecule has 0 bridgehead atoms. The smallest absolute Gasteiger partial charge is 0.130 e. The van der Waals surface area contributed by atoms with E-state index in [1.165, 1.54) is 18.2 Å². The molecule has 0 amide bonds. The minimum atomic E-state index is -0.966. The molecular formula is C9H8F2O. The Labute approximate surface area is 69.0 Å². The lowest BCUT2D eigenvalue weighted by Gasteiger charge is -2.05. The predicted octanol–water partition coefficient (Wildman–Crippen LogP) is 2.08. The van der Waals surface area contributed by atoms with Gasteiger partial charge in [-0.3, -0.25) is 0 Å². The van der Waals surface area contributed by atoms with Crippen molar-refractivity contribution >= 4 is 6.29 Å². The lowest BCUT2D eigenvalue weighted by molar-refractivity contribution is -0.109. The molecule has 0 aliphatic heterocycles. The molecule has 0 spiro atoms. The van der Waals surface area contributed by atoms with E-state index in [2.05, 4.69) is 0 Å². The van der Waals surface area contributed by atoms with Gasteiger partial charge in [0.1, 0.15) is 18.8 Å². The molecule has 1 atom stereocenters. The molecule has 1 unspecified atom stereocenters. The number of alkyl halides is 1. The molecule has 0 heterocycles. The second-order valence-corrected chi connectivity index (χ2v) is 2.42. The van der Waals surface area contributed by atoms with Crippen LogP contribution in [-0.2, 0) is 4.79 Å². The van der Waals surface area contributed by atoms with Crippen molar-refractivity contribution in [2.45, 2.75) is 5.92 Å². The van der Waals surface area contributed by atoms with Crippen LogP contribution in [0.3, 0.4) is 0 Å². The van der Waals surface area contributed by atoms with Crippen LogP contribution in [0.1, 0.15) is 11.5 Å². The van der Waals surface area contributed by atoms with Gasteiger partial charge in [0.25, 0.3) is 0 Å². The summed E-state index contributed by atoms with van der Waals surface area (Å²) in [6, 6.07) is 5.69. The molecule has 1 rings (SSSR count). The predicted molar refractivity (Wildman–Crippen MR) is 41.2 cm³/mol. The van der Waals surface area contributed by atoms with Crippen molar-refractivity contribution in [2.75, 3.05) is 6.67 Å². The van der Waals surface area contributed by atoms with Gasteiger partial charge in [-0.05, 0) is 6.07 Å². The third kappa shape index (κ3) is 1.67. The third-order valence-corrected chi connectivity index (χ3v) is 1.64. The summed E-state index contributed by atoms with van der Waals surface area (Å²) < 4.78 is 25.0. The highest BCUT2D eigenvalue weighted by atomic mass is 19.1. The maximum Gasteiger partial charge on any atom is 0.130 e. The maximum atomic E-state index is 12.9. The Balaban J connectivity index is 3.00. The number of halogens is 2. The Kier molecular flexibility index (Phi) is 2.91. The molecule has 0 aliphatic carbocycles. The minimum Gasteiger partial charge on any atom is -0.303 e. The van der Waals surface area contributed by atoms with E-state index in [0.29, 0.717) is 6.29 Å². The van der Waals surface area contributed by atoms with Crippen LogP contribution >= 0.6 is 0 Å². The summed E-state index contributed by atoms with van der Waals surface area (Å²) in [7, 11) is 0.